The number of nitrogens with one attached hydrogen (secondary N) is 2. The fraction of sp³-hybridized carbons (Fsp3) is 0.565. The zero-order valence-electron chi connectivity index (χ0n) is 18.9. The third-order valence-corrected chi connectivity index (χ3v) is 6.77. The number of aliphatic hydroxyl groups excluding tert-OH is 1. The van der Waals surface area contributed by atoms with Crippen molar-refractivity contribution < 1.29 is 14.7 Å². The van der Waals surface area contributed by atoms with Crippen LogP contribution in [0.2, 0.25) is 0 Å². The van der Waals surface area contributed by atoms with Crippen molar-refractivity contribution in [3.05, 3.63) is 36.3 Å². The number of pyridine rings is 1. The molecule has 2 aromatic rings. The highest BCUT2D eigenvalue weighted by Gasteiger charge is 2.43. The van der Waals surface area contributed by atoms with Gasteiger partial charge < -0.3 is 20.6 Å². The lowest BCUT2D eigenvalue weighted by Gasteiger charge is -2.36. The number of likely N-dealkylation sites (tertiary alicyclic amines) is 1. The lowest BCUT2D eigenvalue weighted by atomic mass is 9.79. The van der Waals surface area contributed by atoms with E-state index in [4.69, 9.17) is 0 Å². The van der Waals surface area contributed by atoms with E-state index in [1.165, 1.54) is 0 Å². The van der Waals surface area contributed by atoms with E-state index in [0.717, 1.165) is 36.2 Å². The van der Waals surface area contributed by atoms with Gasteiger partial charge in [0.2, 0.25) is 11.8 Å². The highest BCUT2D eigenvalue weighted by atomic mass is 16.3. The molecule has 1 saturated carbocycles. The molecule has 1 aliphatic carbocycles. The standard InChI is InChI=1S/C23H32N6O3/c1-14(18-8-7-16(12-25-18)19-9-10-26-28(19)3)27-22(31)20-11-17(30)13-29(20)23(32)21(24-2)15-5-4-6-15/h7-10,12,14-15,17,20-21,24,30H,4-6,11,13H2,1-3H3,(H,27,31)/t14-,17+,20-,21?/m0/s1. The minimum Gasteiger partial charge on any atom is -0.391 e. The molecule has 2 aliphatic rings. The van der Waals surface area contributed by atoms with E-state index in [2.05, 4.69) is 20.7 Å². The van der Waals surface area contributed by atoms with Crippen molar-refractivity contribution in [2.75, 3.05) is 13.6 Å². The Labute approximate surface area is 188 Å². The SMILES string of the molecule is CNC(C(=O)N1C[C@H](O)C[C@H]1C(=O)N[C@@H](C)c1ccc(-c2ccnn2C)cn1)C1CCC1. The van der Waals surface area contributed by atoms with E-state index in [9.17, 15) is 14.7 Å². The molecule has 1 unspecified atom stereocenters. The number of aryl methyl sites for hydroxylation is 1. The van der Waals surface area contributed by atoms with E-state index in [0.29, 0.717) is 5.92 Å². The Morgan fingerprint density at radius 3 is 2.59 bits per heavy atom. The van der Waals surface area contributed by atoms with Gasteiger partial charge in [0.1, 0.15) is 6.04 Å². The summed E-state index contributed by atoms with van der Waals surface area (Å²) in [5.41, 5.74) is 2.63. The molecule has 1 saturated heterocycles. The smallest absolute Gasteiger partial charge is 0.243 e. The summed E-state index contributed by atoms with van der Waals surface area (Å²) in [6.45, 7) is 2.06. The second-order valence-corrected chi connectivity index (χ2v) is 8.90. The van der Waals surface area contributed by atoms with Crippen LogP contribution < -0.4 is 10.6 Å². The summed E-state index contributed by atoms with van der Waals surface area (Å²) in [7, 11) is 3.66. The Morgan fingerprint density at radius 2 is 2.03 bits per heavy atom. The Balaban J connectivity index is 1.42. The minimum absolute atomic E-state index is 0.0970. The van der Waals surface area contributed by atoms with Crippen LogP contribution in [0.1, 0.15) is 44.3 Å². The van der Waals surface area contributed by atoms with Crippen molar-refractivity contribution in [3.63, 3.8) is 0 Å². The van der Waals surface area contributed by atoms with Crippen molar-refractivity contribution in [2.45, 2.75) is 56.8 Å². The molecule has 2 amide bonds. The molecule has 3 heterocycles. The first kappa shape index (κ1) is 22.4. The molecule has 0 radical (unpaired) electrons. The molecule has 3 N–H and O–H groups in total. The number of aliphatic hydroxyl groups is 1. The average molecular weight is 441 g/mol. The van der Waals surface area contributed by atoms with Gasteiger partial charge in [0.05, 0.1) is 29.6 Å². The zero-order valence-corrected chi connectivity index (χ0v) is 18.9. The van der Waals surface area contributed by atoms with Crippen LogP contribution in [0.25, 0.3) is 11.3 Å². The van der Waals surface area contributed by atoms with Gasteiger partial charge in [-0.05, 0) is 50.9 Å². The number of likely N-dealkylation sites (N-methyl/N-ethyl adjacent to an activating group) is 1. The van der Waals surface area contributed by atoms with Crippen molar-refractivity contribution in [1.29, 1.82) is 0 Å². The molecular formula is C23H32N6O3. The van der Waals surface area contributed by atoms with Crippen LogP contribution in [0.3, 0.4) is 0 Å². The summed E-state index contributed by atoms with van der Waals surface area (Å²) >= 11 is 0. The summed E-state index contributed by atoms with van der Waals surface area (Å²) < 4.78 is 1.78. The zero-order chi connectivity index (χ0) is 22.8. The monoisotopic (exact) mass is 440 g/mol. The maximum atomic E-state index is 13.2. The van der Waals surface area contributed by atoms with E-state index in [-0.39, 0.29) is 36.9 Å². The number of hydrogen-bond donors (Lipinski definition) is 3. The highest BCUT2D eigenvalue weighted by molar-refractivity contribution is 5.91. The quantitative estimate of drug-likeness (QED) is 0.592. The molecule has 0 spiro atoms. The van der Waals surface area contributed by atoms with E-state index < -0.39 is 12.1 Å². The van der Waals surface area contributed by atoms with Gasteiger partial charge in [-0.25, -0.2) is 0 Å². The first-order valence-corrected chi connectivity index (χ1v) is 11.3. The number of carbonyl (C=O) groups excluding carboxylic acids is 2. The second-order valence-electron chi connectivity index (χ2n) is 8.90. The largest absolute Gasteiger partial charge is 0.391 e. The molecule has 4 atom stereocenters. The minimum atomic E-state index is -0.694. The van der Waals surface area contributed by atoms with Gasteiger partial charge in [0, 0.05) is 38.0 Å². The first-order valence-electron chi connectivity index (χ1n) is 11.3. The summed E-state index contributed by atoms with van der Waals surface area (Å²) in [6.07, 6.45) is 6.22. The van der Waals surface area contributed by atoms with Crippen LogP contribution in [0.4, 0.5) is 0 Å². The molecule has 4 rings (SSSR count). The van der Waals surface area contributed by atoms with Crippen molar-refractivity contribution in [3.8, 4) is 11.3 Å². The van der Waals surface area contributed by atoms with Gasteiger partial charge in [0.25, 0.3) is 0 Å². The predicted octanol–water partition coefficient (Wildman–Crippen LogP) is 1.01. The maximum absolute atomic E-state index is 13.2. The molecule has 0 bridgehead atoms. The van der Waals surface area contributed by atoms with Crippen molar-refractivity contribution >= 4 is 11.8 Å². The second kappa shape index (κ2) is 9.38. The van der Waals surface area contributed by atoms with Gasteiger partial charge in [-0.15, -0.1) is 0 Å². The third kappa shape index (κ3) is 4.40. The van der Waals surface area contributed by atoms with Crippen LogP contribution in [-0.4, -0.2) is 68.4 Å². The molecule has 9 heteroatoms. The number of amides is 2. The van der Waals surface area contributed by atoms with Crippen LogP contribution >= 0.6 is 0 Å². The third-order valence-electron chi connectivity index (χ3n) is 6.77. The topological polar surface area (TPSA) is 112 Å². The number of carbonyl (C=O) groups is 2. The molecule has 172 valence electrons. The van der Waals surface area contributed by atoms with Crippen LogP contribution in [0, 0.1) is 5.92 Å². The molecule has 1 aliphatic heterocycles. The number of nitrogens with zero attached hydrogens (tertiary/aromatic N) is 4. The predicted molar refractivity (Wildman–Crippen MR) is 119 cm³/mol. The Morgan fingerprint density at radius 1 is 1.25 bits per heavy atom. The summed E-state index contributed by atoms with van der Waals surface area (Å²) in [6, 6.07) is 4.44. The number of rotatable bonds is 7. The van der Waals surface area contributed by atoms with Gasteiger partial charge in [-0.1, -0.05) is 6.42 Å². The normalized spacial score (nSPS) is 22.9. The van der Waals surface area contributed by atoms with Gasteiger partial charge in [-0.3, -0.25) is 19.3 Å². The summed E-state index contributed by atoms with van der Waals surface area (Å²) in [5, 5.41) is 20.5. The number of aromatic nitrogens is 3. The van der Waals surface area contributed by atoms with Gasteiger partial charge in [-0.2, -0.15) is 5.10 Å². The van der Waals surface area contributed by atoms with Crippen molar-refractivity contribution in [2.24, 2.45) is 13.0 Å². The first-order chi connectivity index (χ1) is 15.4. The Bertz CT molecular complexity index is 955. The average Bonchev–Trinajstić information content (AvgIpc) is 3.35. The fourth-order valence-electron chi connectivity index (χ4n) is 4.67. The molecule has 9 nitrogen and oxygen atoms in total. The van der Waals surface area contributed by atoms with Crippen LogP contribution in [0.15, 0.2) is 30.6 Å². The van der Waals surface area contributed by atoms with Crippen LogP contribution in [-0.2, 0) is 16.6 Å². The molecule has 0 aromatic carbocycles. The van der Waals surface area contributed by atoms with E-state index in [1.807, 2.05) is 32.2 Å². The van der Waals surface area contributed by atoms with Gasteiger partial charge in [0.15, 0.2) is 0 Å². The highest BCUT2D eigenvalue weighted by Crippen LogP contribution is 2.32. The Hall–Kier alpha value is -2.78. The summed E-state index contributed by atoms with van der Waals surface area (Å²) in [4.78, 5) is 32.3. The number of hydrogen-bond acceptors (Lipinski definition) is 6. The molecule has 2 aromatic heterocycles. The van der Waals surface area contributed by atoms with E-state index >= 15 is 0 Å². The molecule has 32 heavy (non-hydrogen) atoms. The lowest BCUT2D eigenvalue weighted by molar-refractivity contribution is -0.142. The summed E-state index contributed by atoms with van der Waals surface area (Å²) in [5.74, 6) is -0.0569. The van der Waals surface area contributed by atoms with Crippen molar-refractivity contribution in [1.82, 2.24) is 30.3 Å². The van der Waals surface area contributed by atoms with Gasteiger partial charge >= 0.3 is 0 Å². The number of β-amino-alcohol motifs (C(OH)–C–C–N with tert-alkyl or cyclic N) is 1. The van der Waals surface area contributed by atoms with Crippen LogP contribution in [0.5, 0.6) is 0 Å². The lowest BCUT2D eigenvalue weighted by Crippen LogP contribution is -2.55. The Kier molecular flexibility index (Phi) is 6.57. The maximum Gasteiger partial charge on any atom is 0.243 e. The fourth-order valence-corrected chi connectivity index (χ4v) is 4.67. The molecule has 2 fully saturated rings. The molecular weight excluding hydrogens is 408 g/mol. The van der Waals surface area contributed by atoms with E-state index in [1.54, 1.807) is 29.0 Å².